The van der Waals surface area contributed by atoms with Crippen molar-refractivity contribution in [3.63, 3.8) is 0 Å². The lowest BCUT2D eigenvalue weighted by Gasteiger charge is -2.22. The summed E-state index contributed by atoms with van der Waals surface area (Å²) < 4.78 is 45.8. The van der Waals surface area contributed by atoms with Gasteiger partial charge in [0, 0.05) is 31.3 Å². The first-order valence-corrected chi connectivity index (χ1v) is 13.1. The van der Waals surface area contributed by atoms with E-state index in [1.165, 1.54) is 27.5 Å². The van der Waals surface area contributed by atoms with Crippen molar-refractivity contribution >= 4 is 9.84 Å². The van der Waals surface area contributed by atoms with Crippen molar-refractivity contribution in [2.24, 2.45) is 0 Å². The Hall–Kier alpha value is -3.90. The van der Waals surface area contributed by atoms with Gasteiger partial charge in [-0.25, -0.2) is 8.42 Å². The van der Waals surface area contributed by atoms with Crippen LogP contribution in [0.1, 0.15) is 30.2 Å². The van der Waals surface area contributed by atoms with Gasteiger partial charge in [-0.05, 0) is 38.1 Å². The number of methoxy groups -OCH3 is 3. The van der Waals surface area contributed by atoms with Crippen molar-refractivity contribution < 1.29 is 22.6 Å². The van der Waals surface area contributed by atoms with Crippen LogP contribution in [0.25, 0.3) is 17.1 Å². The fourth-order valence-corrected chi connectivity index (χ4v) is 5.42. The zero-order valence-electron chi connectivity index (χ0n) is 21.2. The highest BCUT2D eigenvalue weighted by Crippen LogP contribution is 2.37. The van der Waals surface area contributed by atoms with Crippen LogP contribution in [0.15, 0.2) is 55.1 Å². The molecule has 0 spiro atoms. The van der Waals surface area contributed by atoms with E-state index in [9.17, 15) is 8.42 Å². The summed E-state index contributed by atoms with van der Waals surface area (Å²) in [5, 5.41) is 7.66. The number of nitrogens with zero attached hydrogens (tertiary/aromatic N) is 6. The molecule has 3 aromatic heterocycles. The number of aromatic nitrogens is 6. The van der Waals surface area contributed by atoms with E-state index in [0.717, 1.165) is 5.69 Å². The van der Waals surface area contributed by atoms with Crippen LogP contribution >= 0.6 is 0 Å². The summed E-state index contributed by atoms with van der Waals surface area (Å²) in [7, 11) is 0.660. The Morgan fingerprint density at radius 2 is 1.68 bits per heavy atom. The lowest BCUT2D eigenvalue weighted by Crippen LogP contribution is -2.29. The van der Waals surface area contributed by atoms with Crippen LogP contribution in [0.2, 0.25) is 0 Å². The molecule has 0 aliphatic carbocycles. The highest BCUT2D eigenvalue weighted by molar-refractivity contribution is 7.91. The average Bonchev–Trinajstić information content (AvgIpc) is 3.32. The molecule has 0 unspecified atom stereocenters. The standard InChI is InChI=1S/C25H28N6O5S/c1-16-12-28-19(14-27-16)24(36-5)17(2)37(32,33)15-22-29-30-25(18-8-7-11-26-13-18)31(22)23-20(34-3)9-6-10-21(23)35-4/h6-14,17,24H,15H2,1-5H3/t17-,24+/m1/s1. The molecular weight excluding hydrogens is 496 g/mol. The molecule has 0 amide bonds. The zero-order chi connectivity index (χ0) is 26.6. The zero-order valence-corrected chi connectivity index (χ0v) is 22.0. The smallest absolute Gasteiger partial charge is 0.170 e. The molecule has 0 aliphatic heterocycles. The first-order valence-electron chi connectivity index (χ1n) is 11.4. The first-order chi connectivity index (χ1) is 17.8. The minimum absolute atomic E-state index is 0.179. The number of benzene rings is 1. The summed E-state index contributed by atoms with van der Waals surface area (Å²) in [5.41, 5.74) is 2.26. The highest BCUT2D eigenvalue weighted by Gasteiger charge is 2.34. The van der Waals surface area contributed by atoms with Crippen molar-refractivity contribution in [3.05, 3.63) is 72.3 Å². The molecular formula is C25H28N6O5S. The first kappa shape index (κ1) is 26.2. The van der Waals surface area contributed by atoms with Crippen LogP contribution in [0.5, 0.6) is 11.5 Å². The minimum atomic E-state index is -3.83. The molecule has 0 saturated heterocycles. The van der Waals surface area contributed by atoms with Crippen LogP contribution in [0.4, 0.5) is 0 Å². The fraction of sp³-hybridized carbons (Fsp3) is 0.320. The predicted octanol–water partition coefficient (Wildman–Crippen LogP) is 3.14. The summed E-state index contributed by atoms with van der Waals surface area (Å²) in [5.74, 6) is 1.06. The Morgan fingerprint density at radius 1 is 0.946 bits per heavy atom. The summed E-state index contributed by atoms with van der Waals surface area (Å²) in [4.78, 5) is 12.7. The number of pyridine rings is 1. The van der Waals surface area contributed by atoms with E-state index in [0.29, 0.717) is 34.3 Å². The number of hydrogen-bond donors (Lipinski definition) is 0. The molecule has 0 N–H and O–H groups in total. The molecule has 1 aromatic carbocycles. The van der Waals surface area contributed by atoms with Crippen molar-refractivity contribution in [1.82, 2.24) is 29.7 Å². The molecule has 0 bridgehead atoms. The molecule has 4 aromatic rings. The Balaban J connectivity index is 1.83. The summed E-state index contributed by atoms with van der Waals surface area (Å²) in [6, 6.07) is 8.86. The van der Waals surface area contributed by atoms with Crippen molar-refractivity contribution in [2.45, 2.75) is 31.0 Å². The van der Waals surface area contributed by atoms with E-state index in [1.807, 2.05) is 6.07 Å². The Morgan fingerprint density at radius 3 is 2.24 bits per heavy atom. The van der Waals surface area contributed by atoms with Gasteiger partial charge in [0.2, 0.25) is 0 Å². The Bertz CT molecular complexity index is 1440. The molecule has 12 heteroatoms. The quantitative estimate of drug-likeness (QED) is 0.305. The Kier molecular flexibility index (Phi) is 7.79. The Labute approximate surface area is 215 Å². The van der Waals surface area contributed by atoms with Gasteiger partial charge >= 0.3 is 0 Å². The van der Waals surface area contributed by atoms with Crippen molar-refractivity contribution in [2.75, 3.05) is 21.3 Å². The van der Waals surface area contributed by atoms with Gasteiger partial charge in [0.05, 0.1) is 37.1 Å². The van der Waals surface area contributed by atoms with E-state index in [1.54, 1.807) is 61.3 Å². The van der Waals surface area contributed by atoms with Gasteiger partial charge in [-0.3, -0.25) is 19.5 Å². The van der Waals surface area contributed by atoms with Crippen molar-refractivity contribution in [3.8, 4) is 28.6 Å². The maximum atomic E-state index is 13.7. The lowest BCUT2D eigenvalue weighted by atomic mass is 10.2. The number of para-hydroxylation sites is 1. The van der Waals surface area contributed by atoms with E-state index >= 15 is 0 Å². The third kappa shape index (κ3) is 5.30. The number of rotatable bonds is 10. The molecule has 0 saturated carbocycles. The second-order valence-corrected chi connectivity index (χ2v) is 10.6. The number of hydrogen-bond acceptors (Lipinski definition) is 10. The van der Waals surface area contributed by atoms with Gasteiger partial charge in [-0.1, -0.05) is 6.07 Å². The molecule has 3 heterocycles. The maximum absolute atomic E-state index is 13.7. The number of aryl methyl sites for hydroxylation is 1. The SMILES string of the molecule is COc1cccc(OC)c1-n1c(CS(=O)(=O)[C@H](C)[C@H](OC)c2cnc(C)cn2)nnc1-c1cccnc1. The van der Waals surface area contributed by atoms with Crippen LogP contribution in [-0.4, -0.2) is 64.7 Å². The van der Waals surface area contributed by atoms with Gasteiger partial charge in [0.15, 0.2) is 21.5 Å². The third-order valence-electron chi connectivity index (χ3n) is 5.94. The lowest BCUT2D eigenvalue weighted by molar-refractivity contribution is 0.0983. The predicted molar refractivity (Wildman–Crippen MR) is 136 cm³/mol. The average molecular weight is 525 g/mol. The van der Waals surface area contributed by atoms with Crippen LogP contribution in [0.3, 0.4) is 0 Å². The molecule has 0 radical (unpaired) electrons. The second kappa shape index (κ2) is 11.0. The maximum Gasteiger partial charge on any atom is 0.170 e. The second-order valence-electron chi connectivity index (χ2n) is 8.28. The van der Waals surface area contributed by atoms with E-state index in [2.05, 4.69) is 25.1 Å². The van der Waals surface area contributed by atoms with Crippen LogP contribution < -0.4 is 9.47 Å². The monoisotopic (exact) mass is 524 g/mol. The van der Waals surface area contributed by atoms with Gasteiger partial charge in [0.1, 0.15) is 29.0 Å². The molecule has 4 rings (SSSR count). The fourth-order valence-electron chi connectivity index (χ4n) is 3.98. The normalized spacial score (nSPS) is 13.2. The number of ether oxygens (including phenoxy) is 3. The summed E-state index contributed by atoms with van der Waals surface area (Å²) in [6.07, 6.45) is 5.54. The highest BCUT2D eigenvalue weighted by atomic mass is 32.2. The topological polar surface area (TPSA) is 131 Å². The molecule has 11 nitrogen and oxygen atoms in total. The summed E-state index contributed by atoms with van der Waals surface area (Å²) >= 11 is 0. The van der Waals surface area contributed by atoms with E-state index in [4.69, 9.17) is 14.2 Å². The largest absolute Gasteiger partial charge is 0.494 e. The van der Waals surface area contributed by atoms with Gasteiger partial charge in [0.25, 0.3) is 0 Å². The molecule has 0 fully saturated rings. The van der Waals surface area contributed by atoms with Crippen LogP contribution in [0, 0.1) is 6.92 Å². The van der Waals surface area contributed by atoms with Gasteiger partial charge < -0.3 is 14.2 Å². The molecule has 194 valence electrons. The molecule has 2 atom stereocenters. The molecule has 0 aliphatic rings. The van der Waals surface area contributed by atoms with E-state index in [-0.39, 0.29) is 5.82 Å². The molecule has 37 heavy (non-hydrogen) atoms. The van der Waals surface area contributed by atoms with Gasteiger partial charge in [-0.2, -0.15) is 0 Å². The summed E-state index contributed by atoms with van der Waals surface area (Å²) in [6.45, 7) is 3.38. The number of sulfone groups is 1. The minimum Gasteiger partial charge on any atom is -0.494 e. The van der Waals surface area contributed by atoms with Gasteiger partial charge in [-0.15, -0.1) is 10.2 Å². The van der Waals surface area contributed by atoms with E-state index < -0.39 is 26.9 Å². The van der Waals surface area contributed by atoms with Crippen LogP contribution in [-0.2, 0) is 20.3 Å². The van der Waals surface area contributed by atoms with Crippen molar-refractivity contribution in [1.29, 1.82) is 0 Å². The third-order valence-corrected chi connectivity index (χ3v) is 7.99.